The van der Waals surface area contributed by atoms with Crippen molar-refractivity contribution in [3.8, 4) is 0 Å². The third-order valence-electron chi connectivity index (χ3n) is 23.7. The molecular formula is C72H98N19O38P7S7. The van der Waals surface area contributed by atoms with E-state index in [9.17, 15) is 79.9 Å². The zero-order valence-electron chi connectivity index (χ0n) is 76.0. The summed E-state index contributed by atoms with van der Waals surface area (Å²) in [6, 6.07) is 0. The van der Waals surface area contributed by atoms with Crippen molar-refractivity contribution in [1.82, 2.24) is 76.8 Å². The SMILES string of the molecule is CC[C@H]1O[C@@H](n2cc(C)c(=O)[nH]c2=O)C[C@H]1OP(=O)(S)OC[C@H]1O[C@@H](n2cnc3c(N)ncnc32)C[C@H]1OP(=O)(S)OC[C@H]1O[C@@H](n2cc(C)c(=O)[nH]c2=O)C[C@H]1OP(=O)(S)OC[C@H]1O[C@@H](n2cc(C)c(=O)[nH]c2=O)C[C@H]1OP(=O)(S)OC[C@H]1O[C@@H](n2cc(C)c(N)nc2=O)C[C@H]1OP(=O)(S)OC[C@H]1O[C@@H](n2cc(C)c(=O)[nH]c2=O)C[C@H]1OP(=O)(S)OC[C@H]1O[C@@H](n2cc(C)c(N)nc2=O)C[C@H]1OP(=O)(S)OC. The first-order valence-electron chi connectivity index (χ1n) is 43.1. The molecule has 28 atom stereocenters. The van der Waals surface area contributed by atoms with Crippen molar-refractivity contribution < 1.29 is 128 Å². The van der Waals surface area contributed by atoms with Gasteiger partial charge in [0.15, 0.2) is 11.5 Å². The number of fused-ring (bicyclic) bond motifs is 1. The Morgan fingerprint density at radius 1 is 0.329 bits per heavy atom. The van der Waals surface area contributed by atoms with Gasteiger partial charge in [-0.15, -0.1) is 0 Å². The molecule has 143 heavy (non-hydrogen) atoms. The predicted octanol–water partition coefficient (Wildman–Crippen LogP) is 6.27. The molecule has 57 nitrogen and oxygen atoms in total. The van der Waals surface area contributed by atoms with Gasteiger partial charge in [0.2, 0.25) is 0 Å². The average molecular weight is 2280 g/mol. The molecule has 0 saturated carbocycles. The molecule has 15 rings (SSSR count). The van der Waals surface area contributed by atoms with E-state index in [1.807, 2.05) is 0 Å². The monoisotopic (exact) mass is 2280 g/mol. The van der Waals surface area contributed by atoms with Gasteiger partial charge in [-0.3, -0.25) is 130 Å². The van der Waals surface area contributed by atoms with Crippen molar-refractivity contribution in [3.63, 3.8) is 0 Å². The maximum atomic E-state index is 15.0. The summed E-state index contributed by atoms with van der Waals surface area (Å²) in [6.07, 6.45) is -20.5. The largest absolute Gasteiger partial charge is 0.386 e. The number of H-pyrrole nitrogens is 4. The summed E-state index contributed by atoms with van der Waals surface area (Å²) >= 11 is 29.8. The van der Waals surface area contributed by atoms with Gasteiger partial charge in [-0.05, 0) is 48.0 Å². The molecule has 7 saturated heterocycles. The molecule has 7 aliphatic rings. The summed E-state index contributed by atoms with van der Waals surface area (Å²) in [5, 5.41) is 0. The summed E-state index contributed by atoms with van der Waals surface area (Å²) in [6.45, 7) is -27.4. The number of imidazole rings is 1. The molecule has 8 aromatic rings. The number of anilines is 3. The third kappa shape index (κ3) is 26.8. The minimum absolute atomic E-state index is 0.00398. The van der Waals surface area contributed by atoms with Crippen LogP contribution in [0.25, 0.3) is 11.2 Å². The topological polar surface area (TPSA) is 724 Å². The van der Waals surface area contributed by atoms with Gasteiger partial charge in [0, 0.05) is 123 Å². The number of hydrogen-bond donors (Lipinski definition) is 14. The van der Waals surface area contributed by atoms with E-state index in [0.717, 1.165) is 53.1 Å². The first-order chi connectivity index (χ1) is 67.1. The molecule has 7 unspecified atom stereocenters. The van der Waals surface area contributed by atoms with Crippen LogP contribution in [-0.2, 0) is 128 Å². The number of rotatable bonds is 41. The van der Waals surface area contributed by atoms with Crippen molar-refractivity contribution in [3.05, 3.63) is 188 Å². The van der Waals surface area contributed by atoms with Gasteiger partial charge in [-0.25, -0.2) is 75.7 Å². The molecule has 8 aromatic heterocycles. The molecule has 7 fully saturated rings. The summed E-state index contributed by atoms with van der Waals surface area (Å²) in [4.78, 5) is 159. The van der Waals surface area contributed by atoms with Crippen LogP contribution in [0.5, 0.6) is 0 Å². The Morgan fingerprint density at radius 2 is 0.559 bits per heavy atom. The lowest BCUT2D eigenvalue weighted by Crippen LogP contribution is -2.33. The van der Waals surface area contributed by atoms with Crippen molar-refractivity contribution >= 4 is 162 Å². The number of thiol groups is 7. The maximum Gasteiger partial charge on any atom is 0.386 e. The zero-order chi connectivity index (χ0) is 104. The van der Waals surface area contributed by atoms with Gasteiger partial charge in [0.1, 0.15) is 140 Å². The molecule has 0 spiro atoms. The molecule has 10 N–H and O–H groups in total. The van der Waals surface area contributed by atoms with Crippen LogP contribution in [0.2, 0.25) is 0 Å². The second-order valence-corrected chi connectivity index (χ2v) is 53.9. The summed E-state index contributed by atoms with van der Waals surface area (Å²) < 4.78 is 235. The van der Waals surface area contributed by atoms with E-state index < -0.39 is 298 Å². The minimum Gasteiger partial charge on any atom is -0.383 e. The van der Waals surface area contributed by atoms with Crippen LogP contribution in [-0.4, -0.2) is 209 Å². The van der Waals surface area contributed by atoms with Crippen LogP contribution in [0.1, 0.15) is 135 Å². The number of aromatic nitrogens is 16. The minimum atomic E-state index is -4.95. The smallest absolute Gasteiger partial charge is 0.383 e. The lowest BCUT2D eigenvalue weighted by molar-refractivity contribution is -0.0542. The predicted molar refractivity (Wildman–Crippen MR) is 522 cm³/mol. The highest BCUT2D eigenvalue weighted by Crippen LogP contribution is 2.65. The molecule has 0 bridgehead atoms. The number of hydrogen-bond acceptors (Lipinski definition) is 46. The second-order valence-electron chi connectivity index (χ2n) is 33.7. The van der Waals surface area contributed by atoms with Crippen molar-refractivity contribution in [2.24, 2.45) is 0 Å². The number of nitrogens with zero attached hydrogens (tertiary/aromatic N) is 12. The number of aryl methyl sites for hydroxylation is 6. The van der Waals surface area contributed by atoms with Crippen molar-refractivity contribution in [1.29, 1.82) is 0 Å². The van der Waals surface area contributed by atoms with Crippen LogP contribution in [0.15, 0.2) is 97.8 Å². The van der Waals surface area contributed by atoms with Gasteiger partial charge in [0.25, 0.3) is 22.2 Å². The van der Waals surface area contributed by atoms with E-state index >= 15 is 0 Å². The maximum absolute atomic E-state index is 15.0. The third-order valence-corrected chi connectivity index (χ3v) is 35.3. The van der Waals surface area contributed by atoms with Crippen LogP contribution < -0.4 is 73.6 Å². The Morgan fingerprint density at radius 3 is 0.818 bits per heavy atom. The van der Waals surface area contributed by atoms with Crippen molar-refractivity contribution in [2.75, 3.05) is 64.0 Å². The van der Waals surface area contributed by atoms with E-state index in [0.29, 0.717) is 12.0 Å². The van der Waals surface area contributed by atoms with Crippen LogP contribution in [0, 0.1) is 41.5 Å². The molecule has 71 heteroatoms. The van der Waals surface area contributed by atoms with E-state index in [1.54, 1.807) is 13.8 Å². The number of nitrogen functional groups attached to an aromatic ring is 3. The van der Waals surface area contributed by atoms with Gasteiger partial charge >= 0.3 is 81.7 Å². The van der Waals surface area contributed by atoms with E-state index in [2.05, 4.69) is 131 Å². The van der Waals surface area contributed by atoms with Gasteiger partial charge in [-0.1, -0.05) is 92.7 Å². The standard InChI is InChI=1S/C72H98N19O38P7S7/c1-9-37-38(10-51(116-37)87-19-33(4)63(92)81-69(87)98)124-131(103,138)110-28-50-44(16-57(122-50)91-30-78-58-61(75)76-29-77-62(58)91)129-136(108,143)115-27-49-43(15-56(121-49)90-22-36(7)66(95)84-72(90)101)128-135(107,142)114-26-48-42(14-55(120-48)89-21-35(6)65(94)83-71(89)100)127-134(106,141)112-24-46-40(12-53(118-46)86-18-32(3)60(74)80-68(86)97)125-133(105,140)113-25-47-41(13-54(119-47)88-20-34(5)64(93)82-70(88)99)126-132(104,139)111-23-45-39(123-130(102,137)109-8)11-52(117-45)85-17-31(2)59(73)79-67(85)96/h17-22,29-30,37-57H,9-16,23-28H2,1-8H3,(H,102,137)(H,103,138)(H,104,139)(H,105,140)(H,106,141)(H,107,142)(H,108,143)(H2,73,79,96)(H2,74,80,97)(H2,75,76,77)(H,81,92,98)(H,82,93,99)(H,83,94,100)(H,84,95,101)/t37-,38-,39-,40-,41-,42-,43-,44-,45-,46-,47-,48-,49-,50-,51-,52-,53-,54-,55-,56-,57-,130?,131?,132?,133?,134?,135?,136?/m1/s1. The van der Waals surface area contributed by atoms with Crippen LogP contribution >= 0.6 is 133 Å². The Kier molecular flexibility index (Phi) is 34.6. The van der Waals surface area contributed by atoms with Gasteiger partial charge in [0.05, 0.1) is 58.2 Å². The number of nitrogens with two attached hydrogens (primary N) is 3. The Hall–Kier alpha value is -6.35. The van der Waals surface area contributed by atoms with E-state index in [-0.39, 0.29) is 75.7 Å². The van der Waals surface area contributed by atoms with Crippen molar-refractivity contribution in [2.45, 2.75) is 229 Å². The second kappa shape index (κ2) is 44.7. The number of ether oxygens (including phenoxy) is 7. The Balaban J connectivity index is 0.633. The summed E-state index contributed by atoms with van der Waals surface area (Å²) in [7, 11) is 1.06. The lowest BCUT2D eigenvalue weighted by atomic mass is 10.1. The fraction of sp³-hybridized carbons (Fsp3) is 0.597. The van der Waals surface area contributed by atoms with Crippen LogP contribution in [0.4, 0.5) is 17.5 Å². The Bertz CT molecular complexity index is 7180. The quantitative estimate of drug-likeness (QED) is 0.0148. The fourth-order valence-corrected chi connectivity index (χ4v) is 26.6. The molecule has 15 heterocycles. The molecular weight excluding hydrogens is 2180 g/mol. The highest BCUT2D eigenvalue weighted by Gasteiger charge is 2.53. The number of nitrogens with one attached hydrogen (secondary N) is 4. The molecule has 7 aliphatic heterocycles. The van der Waals surface area contributed by atoms with E-state index in [4.69, 9.17) is 114 Å². The molecule has 0 radical (unpaired) electrons. The zero-order valence-corrected chi connectivity index (χ0v) is 88.5. The van der Waals surface area contributed by atoms with E-state index in [1.165, 1.54) is 70.4 Å². The lowest BCUT2D eigenvalue weighted by Gasteiger charge is -2.27. The fourth-order valence-electron chi connectivity index (χ4n) is 16.4. The van der Waals surface area contributed by atoms with Gasteiger partial charge < -0.3 is 54.9 Å². The highest BCUT2D eigenvalue weighted by atomic mass is 32.7. The normalized spacial score (nSPS) is 29.7. The Labute approximate surface area is 842 Å². The van der Waals surface area contributed by atoms with Gasteiger partial charge in [-0.2, -0.15) is 9.97 Å². The molecule has 786 valence electrons. The summed E-state index contributed by atoms with van der Waals surface area (Å²) in [5.41, 5.74) is 10.8. The highest BCUT2D eigenvalue weighted by molar-refractivity contribution is 8.46. The first kappa shape index (κ1) is 111. The average Bonchev–Trinajstić information content (AvgIpc) is 1.61. The molecule has 0 aromatic carbocycles. The molecule has 0 amide bonds. The summed E-state index contributed by atoms with van der Waals surface area (Å²) in [5.74, 6) is -0.218. The molecule has 0 aliphatic carbocycles. The number of aromatic amines is 4. The van der Waals surface area contributed by atoms with Crippen LogP contribution in [0.3, 0.4) is 0 Å². The first-order valence-corrected chi connectivity index (χ1v) is 62.0.